The molecule has 2 aromatic carbocycles. The minimum absolute atomic E-state index is 0.0438. The van der Waals surface area contributed by atoms with E-state index >= 15 is 0 Å². The number of fused-ring (bicyclic) bond motifs is 4. The van der Waals surface area contributed by atoms with Crippen molar-refractivity contribution in [1.82, 2.24) is 9.88 Å². The maximum absolute atomic E-state index is 13.1. The molecule has 1 amide bonds. The molecule has 2 atom stereocenters. The highest BCUT2D eigenvalue weighted by Gasteiger charge is 2.35. The van der Waals surface area contributed by atoms with Gasteiger partial charge in [0.05, 0.1) is 11.4 Å². The third-order valence-corrected chi connectivity index (χ3v) is 8.53. The van der Waals surface area contributed by atoms with Crippen LogP contribution in [0.15, 0.2) is 65.5 Å². The average molecular weight is 542 g/mol. The Kier molecular flexibility index (Phi) is 7.12. The minimum Gasteiger partial charge on any atom is -0.369 e. The first-order valence-electron chi connectivity index (χ1n) is 14.0. The zero-order valence-corrected chi connectivity index (χ0v) is 23.1. The van der Waals surface area contributed by atoms with Gasteiger partial charge in [-0.25, -0.2) is 0 Å². The zero-order chi connectivity index (χ0) is 26.9. The topological polar surface area (TPSA) is 78.4 Å². The van der Waals surface area contributed by atoms with E-state index in [0.717, 1.165) is 61.7 Å². The third-order valence-electron chi connectivity index (χ3n) is 8.33. The van der Waals surface area contributed by atoms with E-state index in [0.29, 0.717) is 16.6 Å². The fourth-order valence-corrected chi connectivity index (χ4v) is 6.63. The van der Waals surface area contributed by atoms with Crippen molar-refractivity contribution in [1.29, 1.82) is 0 Å². The maximum atomic E-state index is 13.1. The molecule has 2 unspecified atom stereocenters. The van der Waals surface area contributed by atoms with Crippen LogP contribution in [0, 0.1) is 12.8 Å². The predicted molar refractivity (Wildman–Crippen MR) is 161 cm³/mol. The van der Waals surface area contributed by atoms with Crippen molar-refractivity contribution >= 4 is 40.3 Å². The largest absolute Gasteiger partial charge is 0.369 e. The van der Waals surface area contributed by atoms with Crippen LogP contribution in [0.5, 0.6) is 0 Å². The molecule has 8 heteroatoms. The molecule has 3 aromatic rings. The maximum Gasteiger partial charge on any atom is 0.251 e. The van der Waals surface area contributed by atoms with Gasteiger partial charge in [0, 0.05) is 54.6 Å². The Morgan fingerprint density at radius 3 is 2.54 bits per heavy atom. The number of hydrogen-bond acceptors (Lipinski definition) is 4. The molecule has 0 radical (unpaired) electrons. The summed E-state index contributed by atoms with van der Waals surface area (Å²) in [5.41, 5.74) is 5.74. The number of amides is 1. The highest BCUT2D eigenvalue weighted by atomic mass is 32.1. The number of thiocarbonyl (C=S) groups is 1. The number of benzene rings is 2. The fourth-order valence-electron chi connectivity index (χ4n) is 6.41. The highest BCUT2D eigenvalue weighted by molar-refractivity contribution is 7.80. The number of carbonyl (C=O) groups is 1. The van der Waals surface area contributed by atoms with Crippen molar-refractivity contribution in [3.63, 3.8) is 0 Å². The van der Waals surface area contributed by atoms with Gasteiger partial charge in [0.25, 0.3) is 11.5 Å². The van der Waals surface area contributed by atoms with Gasteiger partial charge in [0.15, 0.2) is 5.11 Å². The molecule has 1 aliphatic carbocycles. The average Bonchev–Trinajstić information content (AvgIpc) is 3.43. The summed E-state index contributed by atoms with van der Waals surface area (Å²) in [5.74, 6) is 0.618. The number of nitrogens with zero attached hydrogens (tertiary/aromatic N) is 2. The number of anilines is 3. The number of aromatic nitrogens is 1. The van der Waals surface area contributed by atoms with Gasteiger partial charge in [0.2, 0.25) is 0 Å². The third kappa shape index (κ3) is 5.57. The molecule has 7 nitrogen and oxygen atoms in total. The van der Waals surface area contributed by atoms with Gasteiger partial charge in [-0.2, -0.15) is 0 Å². The van der Waals surface area contributed by atoms with Crippen molar-refractivity contribution in [2.24, 2.45) is 5.92 Å². The number of hydrogen-bond donors (Lipinski definition) is 3. The Bertz CT molecular complexity index is 1440. The van der Waals surface area contributed by atoms with E-state index in [9.17, 15) is 9.59 Å². The summed E-state index contributed by atoms with van der Waals surface area (Å²) in [4.78, 5) is 28.0. The molecule has 202 valence electrons. The van der Waals surface area contributed by atoms with Gasteiger partial charge in [-0.3, -0.25) is 9.59 Å². The van der Waals surface area contributed by atoms with Crippen LogP contribution >= 0.6 is 12.2 Å². The van der Waals surface area contributed by atoms with Crippen LogP contribution in [0.2, 0.25) is 0 Å². The molecule has 2 fully saturated rings. The lowest BCUT2D eigenvalue weighted by molar-refractivity contribution is 0.0938. The SMILES string of the molecule is Cc1ccc(NC(=S)Nc2cc(C(=O)NC3CCCC3)ccc2N2CC3CC(C2)c2cccc(=O)n2C3)cc1. The molecule has 3 heterocycles. The number of piperidine rings is 1. The Labute approximate surface area is 234 Å². The summed E-state index contributed by atoms with van der Waals surface area (Å²) in [6, 6.07) is 19.8. The standard InChI is InChI=1S/C31H35N5O2S/c1-20-9-12-25(13-10-20)33-31(39)34-26-16-22(30(38)32-24-5-2-3-6-24)11-14-28(26)35-17-21-15-23(19-35)27-7-4-8-29(37)36(27)18-21/h4,7-14,16,21,23-24H,2-3,5-6,15,17-19H2,1H3,(H,32,38)(H2,33,34,39). The molecule has 0 spiro atoms. The quantitative estimate of drug-likeness (QED) is 0.383. The van der Waals surface area contributed by atoms with Crippen molar-refractivity contribution < 1.29 is 4.79 Å². The molecule has 1 saturated carbocycles. The summed E-state index contributed by atoms with van der Waals surface area (Å²) in [5, 5.41) is 10.4. The molecule has 1 aromatic heterocycles. The first-order valence-corrected chi connectivity index (χ1v) is 14.4. The zero-order valence-electron chi connectivity index (χ0n) is 22.3. The molecule has 3 aliphatic rings. The van der Waals surface area contributed by atoms with E-state index in [1.165, 1.54) is 18.4 Å². The number of nitrogens with one attached hydrogen (secondary N) is 3. The van der Waals surface area contributed by atoms with Crippen LogP contribution in [-0.4, -0.2) is 34.7 Å². The van der Waals surface area contributed by atoms with E-state index in [-0.39, 0.29) is 23.4 Å². The Morgan fingerprint density at radius 1 is 0.949 bits per heavy atom. The summed E-state index contributed by atoms with van der Waals surface area (Å²) in [7, 11) is 0. The van der Waals surface area contributed by atoms with E-state index < -0.39 is 0 Å². The summed E-state index contributed by atoms with van der Waals surface area (Å²) < 4.78 is 1.95. The molecular formula is C31H35N5O2S. The van der Waals surface area contributed by atoms with Crippen LogP contribution in [-0.2, 0) is 6.54 Å². The lowest BCUT2D eigenvalue weighted by Gasteiger charge is -2.44. The summed E-state index contributed by atoms with van der Waals surface area (Å²) in [6.07, 6.45) is 5.50. The first-order chi connectivity index (χ1) is 18.9. The first kappa shape index (κ1) is 25.6. The number of carbonyl (C=O) groups excluding carboxylic acids is 1. The molecule has 3 N–H and O–H groups in total. The fraction of sp³-hybridized carbons (Fsp3) is 0.387. The molecule has 2 bridgehead atoms. The second-order valence-electron chi connectivity index (χ2n) is 11.2. The summed E-state index contributed by atoms with van der Waals surface area (Å²) in [6.45, 7) is 4.44. The highest BCUT2D eigenvalue weighted by Crippen LogP contribution is 2.39. The monoisotopic (exact) mass is 541 g/mol. The van der Waals surface area contributed by atoms with Crippen LogP contribution in [0.1, 0.15) is 59.6 Å². The second-order valence-corrected chi connectivity index (χ2v) is 11.6. The van der Waals surface area contributed by atoms with Crippen molar-refractivity contribution in [3.8, 4) is 0 Å². The van der Waals surface area contributed by atoms with E-state index in [4.69, 9.17) is 12.2 Å². The lowest BCUT2D eigenvalue weighted by Crippen LogP contribution is -2.47. The number of aryl methyl sites for hydroxylation is 1. The van der Waals surface area contributed by atoms with Crippen LogP contribution in [0.4, 0.5) is 17.1 Å². The van der Waals surface area contributed by atoms with Gasteiger partial charge in [-0.1, -0.05) is 36.6 Å². The molecule has 39 heavy (non-hydrogen) atoms. The van der Waals surface area contributed by atoms with Gasteiger partial charge in [0.1, 0.15) is 0 Å². The normalized spacial score (nSPS) is 20.3. The van der Waals surface area contributed by atoms with Crippen molar-refractivity contribution in [2.45, 2.75) is 57.5 Å². The van der Waals surface area contributed by atoms with Gasteiger partial charge < -0.3 is 25.4 Å². The molecule has 2 aliphatic heterocycles. The van der Waals surface area contributed by atoms with Crippen molar-refractivity contribution in [3.05, 3.63) is 87.8 Å². The van der Waals surface area contributed by atoms with Crippen LogP contribution in [0.25, 0.3) is 0 Å². The second kappa shape index (κ2) is 10.8. The number of rotatable bonds is 5. The predicted octanol–water partition coefficient (Wildman–Crippen LogP) is 5.26. The van der Waals surface area contributed by atoms with Crippen LogP contribution < -0.4 is 26.4 Å². The van der Waals surface area contributed by atoms with Crippen LogP contribution in [0.3, 0.4) is 0 Å². The Balaban J connectivity index is 1.28. The van der Waals surface area contributed by atoms with E-state index in [1.807, 2.05) is 53.1 Å². The van der Waals surface area contributed by atoms with Gasteiger partial charge in [-0.05, 0) is 80.7 Å². The number of pyridine rings is 1. The van der Waals surface area contributed by atoms with Gasteiger partial charge in [-0.15, -0.1) is 0 Å². The molecular weight excluding hydrogens is 506 g/mol. The van der Waals surface area contributed by atoms with Crippen molar-refractivity contribution in [2.75, 3.05) is 28.6 Å². The smallest absolute Gasteiger partial charge is 0.251 e. The molecule has 6 rings (SSSR count). The molecule has 1 saturated heterocycles. The van der Waals surface area contributed by atoms with Gasteiger partial charge >= 0.3 is 0 Å². The van der Waals surface area contributed by atoms with E-state index in [1.54, 1.807) is 6.07 Å². The Hall–Kier alpha value is -3.65. The Morgan fingerprint density at radius 2 is 1.74 bits per heavy atom. The summed E-state index contributed by atoms with van der Waals surface area (Å²) >= 11 is 5.70. The van der Waals surface area contributed by atoms with E-state index in [2.05, 4.69) is 33.8 Å². The minimum atomic E-state index is -0.0438. The lowest BCUT2D eigenvalue weighted by atomic mass is 9.83.